The third-order valence-corrected chi connectivity index (χ3v) is 8.69. The smallest absolute Gasteiger partial charge is 0.280 e. The summed E-state index contributed by atoms with van der Waals surface area (Å²) in [7, 11) is -1.47. The van der Waals surface area contributed by atoms with E-state index >= 15 is 0 Å². The van der Waals surface area contributed by atoms with Crippen molar-refractivity contribution >= 4 is 42.5 Å². The fraction of sp³-hybridized carbons (Fsp3) is 0.520. The standard InChI is InChI=1S/C25H35N6O6PS/c1-16-11-18(37-22(16)31-15-27-19-20(31)29-24(26)30-21(19)33)13-36-38(28-12-17-7-5-4-6-8-17)35-9-10-39-23(34)25(2,3)14-32/h4-8,15-16,18,22,28,32H,9-14H2,1-3H3,(H3,26,29,30,33). The number of fused-ring (bicyclic) bond motifs is 1. The fourth-order valence-corrected chi connectivity index (χ4v) is 6.10. The number of benzene rings is 1. The van der Waals surface area contributed by atoms with Gasteiger partial charge in [0.05, 0.1) is 37.7 Å². The zero-order chi connectivity index (χ0) is 28.0. The first-order chi connectivity index (χ1) is 18.7. The topological polar surface area (TPSA) is 167 Å². The van der Waals surface area contributed by atoms with E-state index in [2.05, 4.69) is 27.0 Å². The molecular formula is C25H35N6O6PS. The molecule has 1 aliphatic heterocycles. The van der Waals surface area contributed by atoms with Gasteiger partial charge in [0.1, 0.15) is 6.23 Å². The SMILES string of the molecule is CC1CC(COP(NCc2ccccc2)OCCSC(=O)C(C)(C)CO)OC1n1cnc2c(=O)[nH]c(N)nc21. The first-order valence-corrected chi connectivity index (χ1v) is 14.8. The molecule has 39 heavy (non-hydrogen) atoms. The zero-order valence-electron chi connectivity index (χ0n) is 22.2. The minimum atomic E-state index is -1.47. The molecule has 4 rings (SSSR count). The number of H-pyrrole nitrogens is 1. The molecule has 3 heterocycles. The summed E-state index contributed by atoms with van der Waals surface area (Å²) in [5.74, 6) is 0.575. The molecule has 5 N–H and O–H groups in total. The molecule has 4 atom stereocenters. The molecule has 0 spiro atoms. The Morgan fingerprint density at radius 1 is 1.36 bits per heavy atom. The number of nitrogens with two attached hydrogens (primary N) is 1. The molecule has 0 saturated carbocycles. The minimum absolute atomic E-state index is 0.0202. The predicted molar refractivity (Wildman–Crippen MR) is 151 cm³/mol. The molecule has 0 aliphatic carbocycles. The number of nitrogens with zero attached hydrogens (tertiary/aromatic N) is 3. The molecule has 14 heteroatoms. The summed E-state index contributed by atoms with van der Waals surface area (Å²) in [5.41, 5.74) is 6.23. The number of nitrogens with one attached hydrogen (secondary N) is 2. The maximum absolute atomic E-state index is 12.3. The number of anilines is 1. The number of aliphatic hydroxyl groups is 1. The van der Waals surface area contributed by atoms with Crippen LogP contribution in [0, 0.1) is 11.3 Å². The lowest BCUT2D eigenvalue weighted by atomic mass is 9.97. The summed E-state index contributed by atoms with van der Waals surface area (Å²) in [6, 6.07) is 9.92. The Balaban J connectivity index is 1.34. The van der Waals surface area contributed by atoms with Crippen LogP contribution >= 0.6 is 20.3 Å². The number of hydrogen-bond donors (Lipinski definition) is 4. The van der Waals surface area contributed by atoms with Crippen LogP contribution in [0.2, 0.25) is 0 Å². The summed E-state index contributed by atoms with van der Waals surface area (Å²) in [4.78, 5) is 35.3. The molecule has 1 saturated heterocycles. The molecule has 212 valence electrons. The molecule has 4 unspecified atom stereocenters. The first-order valence-electron chi connectivity index (χ1n) is 12.7. The van der Waals surface area contributed by atoms with Gasteiger partial charge in [-0.1, -0.05) is 49.0 Å². The molecule has 0 amide bonds. The number of hydrogen-bond acceptors (Lipinski definition) is 11. The first kappa shape index (κ1) is 29.6. The van der Waals surface area contributed by atoms with Gasteiger partial charge in [-0.2, -0.15) is 4.98 Å². The van der Waals surface area contributed by atoms with Crippen LogP contribution in [0.25, 0.3) is 11.2 Å². The Hall–Kier alpha value is -2.38. The Labute approximate surface area is 232 Å². The van der Waals surface area contributed by atoms with Crippen LogP contribution in [0.3, 0.4) is 0 Å². The van der Waals surface area contributed by atoms with E-state index in [1.54, 1.807) is 24.7 Å². The van der Waals surface area contributed by atoms with Crippen LogP contribution < -0.4 is 16.4 Å². The van der Waals surface area contributed by atoms with Crippen LogP contribution in [-0.4, -0.2) is 61.4 Å². The van der Waals surface area contributed by atoms with Crippen LogP contribution in [0.5, 0.6) is 0 Å². The maximum Gasteiger partial charge on any atom is 0.280 e. The van der Waals surface area contributed by atoms with E-state index in [4.69, 9.17) is 19.5 Å². The van der Waals surface area contributed by atoms with E-state index in [9.17, 15) is 14.7 Å². The van der Waals surface area contributed by atoms with Gasteiger partial charge in [0, 0.05) is 18.2 Å². The second kappa shape index (κ2) is 13.3. The maximum atomic E-state index is 12.3. The molecule has 12 nitrogen and oxygen atoms in total. The zero-order valence-corrected chi connectivity index (χ0v) is 23.9. The van der Waals surface area contributed by atoms with Crippen molar-refractivity contribution in [2.75, 3.05) is 31.3 Å². The number of imidazole rings is 1. The molecule has 3 aromatic rings. The third-order valence-electron chi connectivity index (χ3n) is 6.28. The van der Waals surface area contributed by atoms with Crippen LogP contribution in [0.4, 0.5) is 5.95 Å². The fourth-order valence-electron chi connectivity index (χ4n) is 4.04. The number of aliphatic hydroxyl groups excluding tert-OH is 1. The summed E-state index contributed by atoms with van der Waals surface area (Å²) in [6.07, 6.45) is 1.69. The van der Waals surface area contributed by atoms with Gasteiger partial charge in [-0.3, -0.25) is 19.1 Å². The van der Waals surface area contributed by atoms with Crippen molar-refractivity contribution in [3.8, 4) is 0 Å². The summed E-state index contributed by atoms with van der Waals surface area (Å²) in [6.45, 7) is 6.44. The summed E-state index contributed by atoms with van der Waals surface area (Å²) in [5, 5.41) is 12.6. The lowest BCUT2D eigenvalue weighted by molar-refractivity contribution is -0.119. The number of carbonyl (C=O) groups is 1. The lowest BCUT2D eigenvalue weighted by Crippen LogP contribution is -2.26. The average molecular weight is 579 g/mol. The molecule has 1 aliphatic rings. The van der Waals surface area contributed by atoms with E-state index in [-0.39, 0.29) is 41.4 Å². The lowest BCUT2D eigenvalue weighted by Gasteiger charge is -2.22. The summed E-state index contributed by atoms with van der Waals surface area (Å²) >= 11 is 1.14. The molecule has 1 aromatic carbocycles. The van der Waals surface area contributed by atoms with Gasteiger partial charge < -0.3 is 24.6 Å². The van der Waals surface area contributed by atoms with Crippen molar-refractivity contribution in [3.05, 3.63) is 52.6 Å². The van der Waals surface area contributed by atoms with E-state index in [1.165, 1.54) is 0 Å². The monoisotopic (exact) mass is 578 g/mol. The highest BCUT2D eigenvalue weighted by Gasteiger charge is 2.35. The Morgan fingerprint density at radius 2 is 2.13 bits per heavy atom. The van der Waals surface area contributed by atoms with Crippen molar-refractivity contribution < 1.29 is 23.7 Å². The number of carbonyl (C=O) groups excluding carboxylic acids is 1. The Bertz CT molecular complexity index is 1310. The molecule has 0 bridgehead atoms. The van der Waals surface area contributed by atoms with Crippen molar-refractivity contribution in [1.82, 2.24) is 24.6 Å². The number of aromatic nitrogens is 4. The normalized spacial score (nSPS) is 20.5. The molecule has 0 radical (unpaired) electrons. The highest BCUT2D eigenvalue weighted by Crippen LogP contribution is 2.39. The quantitative estimate of drug-likeness (QED) is 0.174. The molecular weight excluding hydrogens is 543 g/mol. The third kappa shape index (κ3) is 7.63. The Morgan fingerprint density at radius 3 is 2.87 bits per heavy atom. The largest absolute Gasteiger partial charge is 0.395 e. The van der Waals surface area contributed by atoms with Crippen LogP contribution in [-0.2, 0) is 25.1 Å². The second-order valence-electron chi connectivity index (χ2n) is 10.0. The number of thioether (sulfide) groups is 1. The average Bonchev–Trinajstić information content (AvgIpc) is 3.50. The van der Waals surface area contributed by atoms with Crippen molar-refractivity contribution in [2.24, 2.45) is 11.3 Å². The highest BCUT2D eigenvalue weighted by molar-refractivity contribution is 8.13. The molecule has 2 aromatic heterocycles. The predicted octanol–water partition coefficient (Wildman–Crippen LogP) is 2.95. The highest BCUT2D eigenvalue weighted by atomic mass is 32.2. The summed E-state index contributed by atoms with van der Waals surface area (Å²) < 4.78 is 20.2. The van der Waals surface area contributed by atoms with E-state index < -0.39 is 19.5 Å². The minimum Gasteiger partial charge on any atom is -0.395 e. The van der Waals surface area contributed by atoms with Gasteiger partial charge in [-0.05, 0) is 25.8 Å². The van der Waals surface area contributed by atoms with E-state index in [1.807, 2.05) is 30.3 Å². The second-order valence-corrected chi connectivity index (χ2v) is 12.4. The van der Waals surface area contributed by atoms with Crippen molar-refractivity contribution in [2.45, 2.75) is 46.1 Å². The van der Waals surface area contributed by atoms with Gasteiger partial charge in [0.2, 0.25) is 5.95 Å². The van der Waals surface area contributed by atoms with Gasteiger partial charge in [-0.25, -0.2) is 10.1 Å². The Kier molecular flexibility index (Phi) is 10.1. The number of ether oxygens (including phenoxy) is 1. The number of rotatable bonds is 13. The van der Waals surface area contributed by atoms with Gasteiger partial charge in [0.25, 0.3) is 14.1 Å². The van der Waals surface area contributed by atoms with E-state index in [0.717, 1.165) is 23.7 Å². The number of nitrogen functional groups attached to an aromatic ring is 1. The van der Waals surface area contributed by atoms with Gasteiger partial charge in [-0.15, -0.1) is 0 Å². The van der Waals surface area contributed by atoms with Crippen LogP contribution in [0.15, 0.2) is 41.5 Å². The number of aromatic amines is 1. The van der Waals surface area contributed by atoms with Gasteiger partial charge >= 0.3 is 0 Å². The van der Waals surface area contributed by atoms with E-state index in [0.29, 0.717) is 31.2 Å². The molecule has 1 fully saturated rings. The van der Waals surface area contributed by atoms with Crippen LogP contribution in [0.1, 0.15) is 39.0 Å². The van der Waals surface area contributed by atoms with Crippen molar-refractivity contribution in [3.63, 3.8) is 0 Å². The van der Waals surface area contributed by atoms with Gasteiger partial charge in [0.15, 0.2) is 16.3 Å². The van der Waals surface area contributed by atoms with Crippen molar-refractivity contribution in [1.29, 1.82) is 0 Å².